The number of nitrogens with zero attached hydrogens (tertiary/aromatic N) is 10. The average Bonchev–Trinajstić information content (AvgIpc) is 3.68. The summed E-state index contributed by atoms with van der Waals surface area (Å²) in [6.07, 6.45) is 1.60. The molecular formula is C42H42N10O11. The summed E-state index contributed by atoms with van der Waals surface area (Å²) in [4.78, 5) is 93.3. The van der Waals surface area contributed by atoms with E-state index in [2.05, 4.69) is 9.97 Å². The van der Waals surface area contributed by atoms with E-state index >= 15 is 0 Å². The van der Waals surface area contributed by atoms with Gasteiger partial charge in [-0.3, -0.25) is 9.59 Å². The predicted octanol–water partition coefficient (Wildman–Crippen LogP) is 0.440. The first-order valence-corrected chi connectivity index (χ1v) is 19.9. The molecule has 2 aliphatic heterocycles. The molecule has 2 aliphatic rings. The number of aryl methyl sites for hydroxylation is 4. The molecule has 0 saturated heterocycles. The molecule has 4 aromatic heterocycles. The average molecular weight is 863 g/mol. The van der Waals surface area contributed by atoms with Gasteiger partial charge >= 0.3 is 22.8 Å². The number of aromatic nitrogens is 10. The summed E-state index contributed by atoms with van der Waals surface area (Å²) in [5.41, 5.74) is -0.504. The molecule has 21 nitrogen and oxygen atoms in total. The molecule has 0 amide bonds. The molecule has 0 radical (unpaired) electrons. The number of allylic oxidation sites excluding steroid dienone is 2. The van der Waals surface area contributed by atoms with Gasteiger partial charge in [0.05, 0.1) is 69.6 Å². The zero-order valence-corrected chi connectivity index (χ0v) is 35.1. The number of rotatable bonds is 11. The molecule has 0 bridgehead atoms. The van der Waals surface area contributed by atoms with Crippen molar-refractivity contribution in [2.75, 3.05) is 28.4 Å². The van der Waals surface area contributed by atoms with Crippen LogP contribution in [0.2, 0.25) is 0 Å². The van der Waals surface area contributed by atoms with Crippen LogP contribution >= 0.6 is 0 Å². The Bertz CT molecular complexity index is 3450. The Morgan fingerprint density at radius 3 is 1.63 bits per heavy atom. The Balaban J connectivity index is 1.09. The molecule has 63 heavy (non-hydrogen) atoms. The van der Waals surface area contributed by atoms with Crippen molar-refractivity contribution >= 4 is 22.1 Å². The summed E-state index contributed by atoms with van der Waals surface area (Å²) in [5, 5.41) is 10.6. The van der Waals surface area contributed by atoms with Gasteiger partial charge in [0.15, 0.2) is 23.0 Å². The summed E-state index contributed by atoms with van der Waals surface area (Å²) in [6, 6.07) is 10.9. The van der Waals surface area contributed by atoms with Gasteiger partial charge in [0, 0.05) is 64.3 Å². The molecule has 0 fully saturated rings. The van der Waals surface area contributed by atoms with Crippen molar-refractivity contribution in [2.45, 2.75) is 51.1 Å². The summed E-state index contributed by atoms with van der Waals surface area (Å²) in [6.45, 7) is -0.659. The summed E-state index contributed by atoms with van der Waals surface area (Å²) in [5.74, 6) is 1.55. The first-order chi connectivity index (χ1) is 30.3. The minimum absolute atomic E-state index is 0.0485. The topological polar surface area (TPSA) is 225 Å². The predicted molar refractivity (Wildman–Crippen MR) is 227 cm³/mol. The third kappa shape index (κ3) is 6.28. The Kier molecular flexibility index (Phi) is 9.82. The quantitative estimate of drug-likeness (QED) is 0.175. The molecule has 2 atom stereocenters. The zero-order valence-electron chi connectivity index (χ0n) is 35.1. The maximum Gasteiger partial charge on any atom is 0.348 e. The first-order valence-electron chi connectivity index (χ1n) is 19.9. The van der Waals surface area contributed by atoms with Gasteiger partial charge in [0.1, 0.15) is 23.2 Å². The molecule has 326 valence electrons. The first kappa shape index (κ1) is 40.6. The van der Waals surface area contributed by atoms with Crippen molar-refractivity contribution in [3.63, 3.8) is 0 Å². The zero-order chi connectivity index (χ0) is 44.6. The van der Waals surface area contributed by atoms with Crippen molar-refractivity contribution in [3.8, 4) is 28.7 Å². The molecule has 0 spiro atoms. The van der Waals surface area contributed by atoms with E-state index in [1.54, 1.807) is 56.6 Å². The highest BCUT2D eigenvalue weighted by molar-refractivity contribution is 5.80. The van der Waals surface area contributed by atoms with Crippen LogP contribution < -0.4 is 52.8 Å². The minimum Gasteiger partial charge on any atom is -0.508 e. The van der Waals surface area contributed by atoms with E-state index in [1.165, 1.54) is 68.4 Å². The number of phenolic OH excluding ortho intramolecular Hbond substituents is 1. The van der Waals surface area contributed by atoms with Gasteiger partial charge in [-0.2, -0.15) is 0 Å². The number of phenols is 1. The lowest BCUT2D eigenvalue weighted by Gasteiger charge is -2.37. The Morgan fingerprint density at radius 1 is 0.635 bits per heavy atom. The van der Waals surface area contributed by atoms with E-state index in [-0.39, 0.29) is 56.2 Å². The van der Waals surface area contributed by atoms with Gasteiger partial charge in [0.2, 0.25) is 0 Å². The Morgan fingerprint density at radius 2 is 1.13 bits per heavy atom. The van der Waals surface area contributed by atoms with Gasteiger partial charge in [0.25, 0.3) is 11.1 Å². The number of benzene rings is 3. The molecule has 6 heterocycles. The highest BCUT2D eigenvalue weighted by atomic mass is 16.5. The number of hydrogen-bond acceptors (Lipinski definition) is 13. The maximum absolute atomic E-state index is 14.4. The third-order valence-electron chi connectivity index (χ3n) is 12.0. The SMILES string of the molecule is COc1cc2nc(CCn3c(=O)n4n(c3=O)[C@@H]3Cn5c(=O)n(CCc6nc7cc(OC)c(OC)cc7n(C)c6=O)c(=O)n5[C@@H](c5cccc(O)c5)C3=CC4)c(=O)n(C)c2cc1OC. The Labute approximate surface area is 354 Å². The van der Waals surface area contributed by atoms with Crippen LogP contribution in [0.3, 0.4) is 0 Å². The van der Waals surface area contributed by atoms with Crippen molar-refractivity contribution in [1.82, 2.24) is 47.0 Å². The normalized spacial score (nSPS) is 15.5. The van der Waals surface area contributed by atoms with E-state index in [1.807, 2.05) is 0 Å². The molecular weight excluding hydrogens is 821 g/mol. The van der Waals surface area contributed by atoms with Crippen LogP contribution in [0.4, 0.5) is 0 Å². The lowest BCUT2D eigenvalue weighted by Crippen LogP contribution is -2.47. The van der Waals surface area contributed by atoms with Gasteiger partial charge in [-0.1, -0.05) is 18.2 Å². The van der Waals surface area contributed by atoms with Crippen LogP contribution in [0.1, 0.15) is 29.0 Å². The summed E-state index contributed by atoms with van der Waals surface area (Å²) < 4.78 is 31.5. The van der Waals surface area contributed by atoms with E-state index in [9.17, 15) is 33.9 Å². The minimum atomic E-state index is -0.981. The number of methoxy groups -OCH3 is 4. The van der Waals surface area contributed by atoms with Crippen molar-refractivity contribution in [2.24, 2.45) is 14.1 Å². The van der Waals surface area contributed by atoms with Crippen molar-refractivity contribution in [3.05, 3.63) is 140 Å². The fourth-order valence-corrected chi connectivity index (χ4v) is 8.81. The Hall–Kier alpha value is -7.84. The van der Waals surface area contributed by atoms with Crippen LogP contribution in [-0.4, -0.2) is 80.5 Å². The van der Waals surface area contributed by atoms with Crippen LogP contribution in [0, 0.1) is 0 Å². The van der Waals surface area contributed by atoms with Gasteiger partial charge in [-0.25, -0.2) is 57.0 Å². The lowest BCUT2D eigenvalue weighted by atomic mass is 9.90. The van der Waals surface area contributed by atoms with Gasteiger partial charge in [-0.15, -0.1) is 0 Å². The van der Waals surface area contributed by atoms with E-state index < -0.39 is 46.0 Å². The summed E-state index contributed by atoms with van der Waals surface area (Å²) in [7, 11) is 9.10. The number of fused-ring (bicyclic) bond motifs is 6. The third-order valence-corrected chi connectivity index (χ3v) is 12.0. The molecule has 7 aromatic rings. The highest BCUT2D eigenvalue weighted by Gasteiger charge is 2.41. The molecule has 0 aliphatic carbocycles. The van der Waals surface area contributed by atoms with E-state index in [4.69, 9.17) is 18.9 Å². The largest absolute Gasteiger partial charge is 0.508 e. The fraction of sp³-hybridized carbons (Fsp3) is 0.333. The molecule has 0 saturated carbocycles. The van der Waals surface area contributed by atoms with E-state index in [0.717, 1.165) is 9.13 Å². The lowest BCUT2D eigenvalue weighted by molar-refractivity contribution is 0.245. The second-order valence-corrected chi connectivity index (χ2v) is 15.2. The summed E-state index contributed by atoms with van der Waals surface area (Å²) >= 11 is 0. The van der Waals surface area contributed by atoms with Gasteiger partial charge in [-0.05, 0) is 23.3 Å². The number of aromatic hydroxyl groups is 1. The molecule has 21 heteroatoms. The second-order valence-electron chi connectivity index (χ2n) is 15.2. The smallest absolute Gasteiger partial charge is 0.348 e. The molecule has 3 aromatic carbocycles. The van der Waals surface area contributed by atoms with Crippen LogP contribution in [-0.2, 0) is 53.1 Å². The highest BCUT2D eigenvalue weighted by Crippen LogP contribution is 2.39. The van der Waals surface area contributed by atoms with Crippen LogP contribution in [0.5, 0.6) is 28.7 Å². The van der Waals surface area contributed by atoms with Crippen LogP contribution in [0.25, 0.3) is 22.1 Å². The van der Waals surface area contributed by atoms with Crippen molar-refractivity contribution in [1.29, 1.82) is 0 Å². The maximum atomic E-state index is 14.4. The van der Waals surface area contributed by atoms with E-state index in [0.29, 0.717) is 56.2 Å². The molecule has 0 unspecified atom stereocenters. The number of ether oxygens (including phenoxy) is 4. The van der Waals surface area contributed by atoms with Crippen LogP contribution in [0.15, 0.2) is 88.9 Å². The monoisotopic (exact) mass is 862 g/mol. The standard InChI is InChI=1S/C42H42N10O11/c1-45-29-19-34(62-5)32(60-3)17-27(29)43-25(37(45)54)11-13-47-39(56)49-15-10-24-31(51(49)41(47)58)21-50-40(57)48(42(59)52(50)36(24)22-8-7-9-23(53)16-22)14-12-26-38(55)46(2)30-20-35(63-6)33(61-4)18-28(30)44-26/h7-10,16-20,31,36,53H,11-15,21H2,1-6H3/t31-,36+/m1/s1. The number of hydrogen-bond donors (Lipinski definition) is 1. The van der Waals surface area contributed by atoms with Crippen molar-refractivity contribution < 1.29 is 24.1 Å². The fourth-order valence-electron chi connectivity index (χ4n) is 8.81. The second kappa shape index (κ2) is 15.3. The molecule has 9 rings (SSSR count). The molecule has 1 N–H and O–H groups in total. The van der Waals surface area contributed by atoms with Gasteiger partial charge < -0.3 is 33.2 Å².